The standard InChI is InChI=1S/C25H29N5O2/c1-30(2)19-10-8-18(9-11-19)20-12-13-26-25(28-20)29-22-16-32-23-21(15-31-24(22)23)27-14-17-6-4-3-5-7-17/h3-13,21-24,27H,14-16H2,1-2H3,(H,26,28,29). The Hall–Kier alpha value is -3.00. The van der Waals surface area contributed by atoms with Gasteiger partial charge in [-0.1, -0.05) is 42.5 Å². The van der Waals surface area contributed by atoms with Crippen LogP contribution >= 0.6 is 0 Å². The van der Waals surface area contributed by atoms with E-state index in [0.29, 0.717) is 19.2 Å². The Bertz CT molecular complexity index is 1030. The SMILES string of the molecule is CN(C)c1ccc(-c2ccnc(NC3COC4C(NCc5ccccc5)COC34)n2)cc1. The number of ether oxygens (including phenoxy) is 2. The van der Waals surface area contributed by atoms with Crippen molar-refractivity contribution in [2.24, 2.45) is 0 Å². The lowest BCUT2D eigenvalue weighted by Crippen LogP contribution is -2.41. The molecule has 5 rings (SSSR count). The van der Waals surface area contributed by atoms with Crippen LogP contribution in [0.2, 0.25) is 0 Å². The summed E-state index contributed by atoms with van der Waals surface area (Å²) < 4.78 is 12.2. The highest BCUT2D eigenvalue weighted by Crippen LogP contribution is 2.29. The van der Waals surface area contributed by atoms with Crippen molar-refractivity contribution in [3.05, 3.63) is 72.4 Å². The Morgan fingerprint density at radius 2 is 1.62 bits per heavy atom. The van der Waals surface area contributed by atoms with Crippen LogP contribution in [-0.4, -0.2) is 61.6 Å². The second-order valence-corrected chi connectivity index (χ2v) is 8.53. The maximum absolute atomic E-state index is 6.10. The summed E-state index contributed by atoms with van der Waals surface area (Å²) in [5.74, 6) is 0.595. The first-order valence-corrected chi connectivity index (χ1v) is 11.1. The van der Waals surface area contributed by atoms with E-state index < -0.39 is 0 Å². The molecule has 2 N–H and O–H groups in total. The summed E-state index contributed by atoms with van der Waals surface area (Å²) in [6, 6.07) is 20.9. The van der Waals surface area contributed by atoms with Crippen molar-refractivity contribution in [2.75, 3.05) is 37.5 Å². The minimum Gasteiger partial charge on any atom is -0.378 e. The van der Waals surface area contributed by atoms with Crippen LogP contribution < -0.4 is 15.5 Å². The normalized spacial score (nSPS) is 24.3. The Kier molecular flexibility index (Phi) is 6.03. The Morgan fingerprint density at radius 3 is 2.38 bits per heavy atom. The molecule has 3 aromatic rings. The van der Waals surface area contributed by atoms with Gasteiger partial charge < -0.3 is 25.0 Å². The maximum atomic E-state index is 6.10. The summed E-state index contributed by atoms with van der Waals surface area (Å²) in [5.41, 5.74) is 4.36. The topological polar surface area (TPSA) is 71.5 Å². The molecule has 0 bridgehead atoms. The summed E-state index contributed by atoms with van der Waals surface area (Å²) in [6.07, 6.45) is 1.80. The van der Waals surface area contributed by atoms with Gasteiger partial charge in [0, 0.05) is 38.1 Å². The van der Waals surface area contributed by atoms with Crippen LogP contribution in [0.5, 0.6) is 0 Å². The fourth-order valence-electron chi connectivity index (χ4n) is 4.33. The van der Waals surface area contributed by atoms with E-state index in [2.05, 4.69) is 69.0 Å². The van der Waals surface area contributed by atoms with Gasteiger partial charge in [-0.15, -0.1) is 0 Å². The van der Waals surface area contributed by atoms with E-state index in [1.54, 1.807) is 6.20 Å². The summed E-state index contributed by atoms with van der Waals surface area (Å²) in [5, 5.41) is 7.02. The van der Waals surface area contributed by atoms with E-state index in [0.717, 1.165) is 23.5 Å². The number of hydrogen-bond acceptors (Lipinski definition) is 7. The highest BCUT2D eigenvalue weighted by molar-refractivity contribution is 5.63. The van der Waals surface area contributed by atoms with Gasteiger partial charge in [0.25, 0.3) is 0 Å². The molecule has 3 heterocycles. The van der Waals surface area contributed by atoms with Gasteiger partial charge in [0.15, 0.2) is 0 Å². The third-order valence-electron chi connectivity index (χ3n) is 6.11. The van der Waals surface area contributed by atoms with Gasteiger partial charge in [-0.3, -0.25) is 0 Å². The van der Waals surface area contributed by atoms with E-state index in [1.165, 1.54) is 5.56 Å². The second-order valence-electron chi connectivity index (χ2n) is 8.53. The molecule has 32 heavy (non-hydrogen) atoms. The first-order valence-electron chi connectivity index (χ1n) is 11.1. The molecular weight excluding hydrogens is 402 g/mol. The molecule has 0 amide bonds. The van der Waals surface area contributed by atoms with Gasteiger partial charge in [0.2, 0.25) is 5.95 Å². The first-order chi connectivity index (χ1) is 15.7. The lowest BCUT2D eigenvalue weighted by atomic mass is 10.1. The van der Waals surface area contributed by atoms with E-state index in [-0.39, 0.29) is 24.3 Å². The molecule has 7 heteroatoms. The molecule has 4 unspecified atom stereocenters. The van der Waals surface area contributed by atoms with E-state index in [4.69, 9.17) is 14.5 Å². The van der Waals surface area contributed by atoms with Crippen LogP contribution in [-0.2, 0) is 16.0 Å². The molecule has 1 aromatic heterocycles. The molecule has 2 fully saturated rings. The first kappa shape index (κ1) is 20.9. The van der Waals surface area contributed by atoms with Gasteiger partial charge in [-0.2, -0.15) is 0 Å². The van der Waals surface area contributed by atoms with Gasteiger partial charge in [0.1, 0.15) is 12.2 Å². The van der Waals surface area contributed by atoms with Crippen LogP contribution in [0.25, 0.3) is 11.3 Å². The van der Waals surface area contributed by atoms with Crippen LogP contribution in [0.1, 0.15) is 5.56 Å². The number of nitrogens with zero attached hydrogens (tertiary/aromatic N) is 3. The van der Waals surface area contributed by atoms with E-state index in [9.17, 15) is 0 Å². The molecule has 2 saturated heterocycles. The molecule has 7 nitrogen and oxygen atoms in total. The van der Waals surface area contributed by atoms with Crippen molar-refractivity contribution in [1.29, 1.82) is 0 Å². The number of hydrogen-bond donors (Lipinski definition) is 2. The van der Waals surface area contributed by atoms with Crippen molar-refractivity contribution in [1.82, 2.24) is 15.3 Å². The van der Waals surface area contributed by atoms with Gasteiger partial charge in [-0.05, 0) is 23.8 Å². The largest absolute Gasteiger partial charge is 0.378 e. The zero-order chi connectivity index (χ0) is 21.9. The average Bonchev–Trinajstić information content (AvgIpc) is 3.42. The van der Waals surface area contributed by atoms with Gasteiger partial charge in [0.05, 0.1) is 31.0 Å². The quantitative estimate of drug-likeness (QED) is 0.596. The number of anilines is 2. The minimum atomic E-state index is -0.0186. The van der Waals surface area contributed by atoms with Gasteiger partial charge >= 0.3 is 0 Å². The lowest BCUT2D eigenvalue weighted by Gasteiger charge is -2.18. The fourth-order valence-corrected chi connectivity index (χ4v) is 4.33. The number of rotatable bonds is 7. The molecule has 0 radical (unpaired) electrons. The Balaban J connectivity index is 1.21. The molecule has 2 aliphatic rings. The molecule has 4 atom stereocenters. The van der Waals surface area contributed by atoms with Crippen molar-refractivity contribution in [2.45, 2.75) is 30.8 Å². The van der Waals surface area contributed by atoms with Crippen LogP contribution in [0.4, 0.5) is 11.6 Å². The lowest BCUT2D eigenvalue weighted by molar-refractivity contribution is 0.0675. The average molecular weight is 432 g/mol. The van der Waals surface area contributed by atoms with Crippen molar-refractivity contribution in [3.63, 3.8) is 0 Å². The van der Waals surface area contributed by atoms with Crippen LogP contribution in [0, 0.1) is 0 Å². The van der Waals surface area contributed by atoms with Crippen molar-refractivity contribution in [3.8, 4) is 11.3 Å². The Labute approximate surface area is 188 Å². The molecule has 166 valence electrons. The molecule has 2 aromatic carbocycles. The zero-order valence-electron chi connectivity index (χ0n) is 18.4. The number of fused-ring (bicyclic) bond motifs is 1. The summed E-state index contributed by atoms with van der Waals surface area (Å²) in [7, 11) is 4.07. The zero-order valence-corrected chi connectivity index (χ0v) is 18.4. The summed E-state index contributed by atoms with van der Waals surface area (Å²) in [4.78, 5) is 11.2. The number of nitrogens with one attached hydrogen (secondary N) is 2. The number of benzene rings is 2. The molecule has 0 aliphatic carbocycles. The molecular formula is C25H29N5O2. The monoisotopic (exact) mass is 431 g/mol. The predicted octanol–water partition coefficient (Wildman–Crippen LogP) is 2.95. The number of aromatic nitrogens is 2. The third-order valence-corrected chi connectivity index (χ3v) is 6.11. The van der Waals surface area contributed by atoms with Crippen molar-refractivity contribution < 1.29 is 9.47 Å². The maximum Gasteiger partial charge on any atom is 0.223 e. The predicted molar refractivity (Wildman–Crippen MR) is 126 cm³/mol. The van der Waals surface area contributed by atoms with Crippen LogP contribution in [0.15, 0.2) is 66.9 Å². The minimum absolute atomic E-state index is 0.0186. The Morgan fingerprint density at radius 1 is 0.906 bits per heavy atom. The molecule has 2 aliphatic heterocycles. The van der Waals surface area contributed by atoms with Crippen molar-refractivity contribution >= 4 is 11.6 Å². The van der Waals surface area contributed by atoms with Gasteiger partial charge in [-0.25, -0.2) is 9.97 Å². The van der Waals surface area contributed by atoms with Crippen LogP contribution in [0.3, 0.4) is 0 Å². The summed E-state index contributed by atoms with van der Waals surface area (Å²) in [6.45, 7) is 2.01. The smallest absolute Gasteiger partial charge is 0.223 e. The van der Waals surface area contributed by atoms with E-state index >= 15 is 0 Å². The van der Waals surface area contributed by atoms with E-state index in [1.807, 2.05) is 26.2 Å². The highest BCUT2D eigenvalue weighted by Gasteiger charge is 2.47. The molecule has 0 spiro atoms. The second kappa shape index (κ2) is 9.24. The third kappa shape index (κ3) is 4.46. The summed E-state index contributed by atoms with van der Waals surface area (Å²) >= 11 is 0. The molecule has 0 saturated carbocycles. The fraction of sp³-hybridized carbons (Fsp3) is 0.360. The highest BCUT2D eigenvalue weighted by atomic mass is 16.6.